The van der Waals surface area contributed by atoms with Crippen LogP contribution in [-0.4, -0.2) is 16.7 Å². The Morgan fingerprint density at radius 3 is 3.00 bits per heavy atom. The number of piperidine rings is 1. The second-order valence-electron chi connectivity index (χ2n) is 3.67. The van der Waals surface area contributed by atoms with Crippen molar-refractivity contribution in [1.82, 2.24) is 15.5 Å². The fraction of sp³-hybridized carbons (Fsp3) is 0.667. The highest BCUT2D eigenvalue weighted by Gasteiger charge is 2.18. The smallest absolute Gasteiger partial charge is 0.0535 e. The first kappa shape index (κ1) is 7.80. The van der Waals surface area contributed by atoms with Crippen molar-refractivity contribution in [2.24, 2.45) is 5.92 Å². The summed E-state index contributed by atoms with van der Waals surface area (Å²) in [4.78, 5) is 0. The second kappa shape index (κ2) is 3.27. The van der Waals surface area contributed by atoms with E-state index >= 15 is 0 Å². The molecule has 2 N–H and O–H groups in total. The number of aromatic nitrogens is 2. The minimum Gasteiger partial charge on any atom is -0.310 e. The third-order valence-electron chi connectivity index (χ3n) is 2.58. The molecule has 1 aromatic heterocycles. The molecule has 66 valence electrons. The van der Waals surface area contributed by atoms with Gasteiger partial charge in [-0.3, -0.25) is 5.10 Å². The molecule has 0 radical (unpaired) electrons. The number of H-pyrrole nitrogens is 1. The van der Waals surface area contributed by atoms with E-state index in [1.165, 1.54) is 18.4 Å². The maximum atomic E-state index is 3.95. The van der Waals surface area contributed by atoms with Crippen LogP contribution in [0.3, 0.4) is 0 Å². The molecule has 12 heavy (non-hydrogen) atoms. The van der Waals surface area contributed by atoms with Gasteiger partial charge in [0.15, 0.2) is 0 Å². The fourth-order valence-corrected chi connectivity index (χ4v) is 1.73. The van der Waals surface area contributed by atoms with Gasteiger partial charge < -0.3 is 5.32 Å². The molecule has 3 heteroatoms. The molecule has 1 aromatic rings. The molecule has 0 aromatic carbocycles. The lowest BCUT2D eigenvalue weighted by molar-refractivity contribution is 0.333. The molecule has 0 saturated carbocycles. The molecule has 0 spiro atoms. The lowest BCUT2D eigenvalue weighted by Crippen LogP contribution is -2.31. The first-order valence-electron chi connectivity index (χ1n) is 4.58. The maximum Gasteiger partial charge on any atom is 0.0535 e. The Balaban J connectivity index is 1.99. The van der Waals surface area contributed by atoms with E-state index in [1.54, 1.807) is 0 Å². The van der Waals surface area contributed by atoms with Gasteiger partial charge in [0.1, 0.15) is 0 Å². The third kappa shape index (κ3) is 1.50. The summed E-state index contributed by atoms with van der Waals surface area (Å²) in [6.45, 7) is 3.43. The van der Waals surface area contributed by atoms with Crippen LogP contribution in [0.15, 0.2) is 12.4 Å². The Labute approximate surface area is 72.6 Å². The zero-order valence-corrected chi connectivity index (χ0v) is 7.38. The van der Waals surface area contributed by atoms with Crippen molar-refractivity contribution in [1.29, 1.82) is 0 Å². The van der Waals surface area contributed by atoms with Gasteiger partial charge >= 0.3 is 0 Å². The Hall–Kier alpha value is -0.830. The number of rotatable bonds is 1. The second-order valence-corrected chi connectivity index (χ2v) is 3.67. The van der Waals surface area contributed by atoms with Crippen molar-refractivity contribution in [2.45, 2.75) is 25.8 Å². The largest absolute Gasteiger partial charge is 0.310 e. The number of hydrogen-bond donors (Lipinski definition) is 2. The lowest BCUT2D eigenvalue weighted by atomic mass is 9.94. The van der Waals surface area contributed by atoms with Crippen LogP contribution in [-0.2, 0) is 0 Å². The van der Waals surface area contributed by atoms with Gasteiger partial charge in [0.05, 0.1) is 6.20 Å². The van der Waals surface area contributed by atoms with Crippen LogP contribution in [0.4, 0.5) is 0 Å². The van der Waals surface area contributed by atoms with Crippen LogP contribution in [0.25, 0.3) is 0 Å². The van der Waals surface area contributed by atoms with Crippen LogP contribution in [0.5, 0.6) is 0 Å². The third-order valence-corrected chi connectivity index (χ3v) is 2.58. The SMILES string of the molecule is C[C@@H]1CC[C@@H](c2cn[nH]c2)NC1. The van der Waals surface area contributed by atoms with Gasteiger partial charge in [-0.1, -0.05) is 6.92 Å². The number of nitrogens with one attached hydrogen (secondary N) is 2. The van der Waals surface area contributed by atoms with E-state index in [4.69, 9.17) is 0 Å². The normalized spacial score (nSPS) is 30.4. The monoisotopic (exact) mass is 165 g/mol. The zero-order chi connectivity index (χ0) is 8.39. The molecular formula is C9H15N3. The first-order chi connectivity index (χ1) is 5.86. The maximum absolute atomic E-state index is 3.95. The Kier molecular flexibility index (Phi) is 2.13. The molecule has 3 nitrogen and oxygen atoms in total. The molecule has 0 bridgehead atoms. The summed E-state index contributed by atoms with van der Waals surface area (Å²) in [6, 6.07) is 0.528. The van der Waals surface area contributed by atoms with E-state index in [0.29, 0.717) is 6.04 Å². The lowest BCUT2D eigenvalue weighted by Gasteiger charge is -2.26. The van der Waals surface area contributed by atoms with Crippen LogP contribution < -0.4 is 5.32 Å². The average Bonchev–Trinajstić information content (AvgIpc) is 2.58. The van der Waals surface area contributed by atoms with Gasteiger partial charge in [-0.2, -0.15) is 5.10 Å². The summed E-state index contributed by atoms with van der Waals surface area (Å²) < 4.78 is 0. The van der Waals surface area contributed by atoms with Gasteiger partial charge in [0, 0.05) is 17.8 Å². The van der Waals surface area contributed by atoms with Crippen molar-refractivity contribution in [3.63, 3.8) is 0 Å². The van der Waals surface area contributed by atoms with E-state index in [0.717, 1.165) is 12.5 Å². The Bertz CT molecular complexity index is 222. The molecule has 1 aliphatic rings. The summed E-state index contributed by atoms with van der Waals surface area (Å²) in [5.41, 5.74) is 1.29. The quantitative estimate of drug-likeness (QED) is 0.661. The predicted molar refractivity (Wildman–Crippen MR) is 47.7 cm³/mol. The van der Waals surface area contributed by atoms with E-state index < -0.39 is 0 Å². The van der Waals surface area contributed by atoms with E-state index in [9.17, 15) is 0 Å². The van der Waals surface area contributed by atoms with Gasteiger partial charge in [-0.15, -0.1) is 0 Å². The molecule has 0 unspecified atom stereocenters. The standard InChI is InChI=1S/C9H15N3/c1-7-2-3-9(10-4-7)8-5-11-12-6-8/h5-7,9-10H,2-4H2,1H3,(H,11,12)/t7-,9+/m1/s1. The number of hydrogen-bond acceptors (Lipinski definition) is 2. The average molecular weight is 165 g/mol. The minimum absolute atomic E-state index is 0.528. The summed E-state index contributed by atoms with van der Waals surface area (Å²) in [5, 5.41) is 10.3. The molecule has 0 amide bonds. The molecule has 1 saturated heterocycles. The fourth-order valence-electron chi connectivity index (χ4n) is 1.73. The van der Waals surface area contributed by atoms with Crippen molar-refractivity contribution >= 4 is 0 Å². The highest BCUT2D eigenvalue weighted by atomic mass is 15.1. The van der Waals surface area contributed by atoms with Crippen molar-refractivity contribution in [3.8, 4) is 0 Å². The van der Waals surface area contributed by atoms with Gasteiger partial charge in [-0.25, -0.2) is 0 Å². The summed E-state index contributed by atoms with van der Waals surface area (Å²) in [6.07, 6.45) is 6.45. The van der Waals surface area contributed by atoms with Crippen molar-refractivity contribution in [3.05, 3.63) is 18.0 Å². The Morgan fingerprint density at radius 1 is 1.50 bits per heavy atom. The van der Waals surface area contributed by atoms with E-state index in [1.807, 2.05) is 12.4 Å². The Morgan fingerprint density at radius 2 is 2.42 bits per heavy atom. The predicted octanol–water partition coefficient (Wildman–Crippen LogP) is 1.47. The van der Waals surface area contributed by atoms with Crippen molar-refractivity contribution < 1.29 is 0 Å². The zero-order valence-electron chi connectivity index (χ0n) is 7.38. The highest BCUT2D eigenvalue weighted by Crippen LogP contribution is 2.24. The number of aromatic amines is 1. The summed E-state index contributed by atoms with van der Waals surface area (Å²) in [7, 11) is 0. The van der Waals surface area contributed by atoms with Gasteiger partial charge in [-0.05, 0) is 25.3 Å². The van der Waals surface area contributed by atoms with E-state index in [2.05, 4.69) is 22.4 Å². The van der Waals surface area contributed by atoms with Gasteiger partial charge in [0.2, 0.25) is 0 Å². The summed E-state index contributed by atoms with van der Waals surface area (Å²) in [5.74, 6) is 0.827. The molecule has 2 rings (SSSR count). The highest BCUT2D eigenvalue weighted by molar-refractivity contribution is 5.10. The number of nitrogens with zero attached hydrogens (tertiary/aromatic N) is 1. The van der Waals surface area contributed by atoms with Crippen LogP contribution in [0.2, 0.25) is 0 Å². The molecule has 2 heterocycles. The van der Waals surface area contributed by atoms with Crippen molar-refractivity contribution in [2.75, 3.05) is 6.54 Å². The molecular weight excluding hydrogens is 150 g/mol. The summed E-state index contributed by atoms with van der Waals surface area (Å²) >= 11 is 0. The van der Waals surface area contributed by atoms with Crippen LogP contribution in [0, 0.1) is 5.92 Å². The molecule has 1 aliphatic heterocycles. The van der Waals surface area contributed by atoms with E-state index in [-0.39, 0.29) is 0 Å². The first-order valence-corrected chi connectivity index (χ1v) is 4.58. The minimum atomic E-state index is 0.528. The van der Waals surface area contributed by atoms with Crippen LogP contribution >= 0.6 is 0 Å². The molecule has 2 atom stereocenters. The molecule has 1 fully saturated rings. The van der Waals surface area contributed by atoms with Crippen LogP contribution in [0.1, 0.15) is 31.4 Å². The van der Waals surface area contributed by atoms with Gasteiger partial charge in [0.25, 0.3) is 0 Å². The molecule has 0 aliphatic carbocycles. The topological polar surface area (TPSA) is 40.7 Å².